The quantitative estimate of drug-likeness (QED) is 0.188. The smallest absolute Gasteiger partial charge is 0.744 e. The van der Waals surface area contributed by atoms with Crippen LogP contribution in [0.5, 0.6) is 0 Å². The van der Waals surface area contributed by atoms with Crippen LogP contribution >= 0.6 is 0 Å². The fourth-order valence-electron chi connectivity index (χ4n) is 0.958. The average Bonchev–Trinajstić information content (AvgIpc) is 2.01. The minimum Gasteiger partial charge on any atom is -0.744 e. The zero-order valence-corrected chi connectivity index (χ0v) is 8.52. The van der Waals surface area contributed by atoms with Crippen LogP contribution in [0, 0.1) is 10.1 Å². The SMILES string of the molecule is Nc1cccc([N+](=O)[O-])c1S(=O)(=O)[O-].[Li+]. The molecule has 0 bridgehead atoms. The molecule has 9 heteroatoms. The minimum absolute atomic E-state index is 0. The third-order valence-corrected chi connectivity index (χ3v) is 2.42. The molecule has 1 aromatic rings. The average molecular weight is 224 g/mol. The fraction of sp³-hybridized carbons (Fsp3) is 0. The number of hydrogen-bond acceptors (Lipinski definition) is 6. The molecule has 0 atom stereocenters. The van der Waals surface area contributed by atoms with Crippen LogP contribution in [-0.4, -0.2) is 17.9 Å². The summed E-state index contributed by atoms with van der Waals surface area (Å²) in [5, 5.41) is 10.4. The van der Waals surface area contributed by atoms with Crippen molar-refractivity contribution in [2.45, 2.75) is 4.90 Å². The van der Waals surface area contributed by atoms with Crippen molar-refractivity contribution in [3.63, 3.8) is 0 Å². The molecular formula is C6H5LiN2O5S. The number of hydrogen-bond donors (Lipinski definition) is 1. The third-order valence-electron chi connectivity index (χ3n) is 1.47. The van der Waals surface area contributed by atoms with Gasteiger partial charge < -0.3 is 10.3 Å². The predicted molar refractivity (Wildman–Crippen MR) is 45.5 cm³/mol. The molecular weight excluding hydrogens is 219 g/mol. The van der Waals surface area contributed by atoms with E-state index in [4.69, 9.17) is 5.73 Å². The van der Waals surface area contributed by atoms with Gasteiger partial charge in [0.25, 0.3) is 5.69 Å². The zero-order valence-electron chi connectivity index (χ0n) is 7.71. The summed E-state index contributed by atoms with van der Waals surface area (Å²) in [6, 6.07) is 3.21. The Bertz CT molecular complexity index is 486. The standard InChI is InChI=1S/C6H6N2O5S.Li/c7-4-2-1-3-5(8(9)10)6(4)14(11,12)13;/h1-3H,7H2,(H,11,12,13);/q;+1/p-1. The molecule has 0 saturated carbocycles. The maximum absolute atomic E-state index is 10.6. The molecule has 0 spiro atoms. The fourth-order valence-corrected chi connectivity index (χ4v) is 1.71. The van der Waals surface area contributed by atoms with Gasteiger partial charge in [-0.1, -0.05) is 6.07 Å². The van der Waals surface area contributed by atoms with E-state index in [-0.39, 0.29) is 18.9 Å². The van der Waals surface area contributed by atoms with Crippen LogP contribution in [0.15, 0.2) is 23.1 Å². The first-order chi connectivity index (χ1) is 6.34. The van der Waals surface area contributed by atoms with Crippen LogP contribution in [0.25, 0.3) is 0 Å². The van der Waals surface area contributed by atoms with Gasteiger partial charge in [0, 0.05) is 6.07 Å². The van der Waals surface area contributed by atoms with Crippen molar-refractivity contribution in [2.24, 2.45) is 0 Å². The summed E-state index contributed by atoms with van der Waals surface area (Å²) >= 11 is 0. The van der Waals surface area contributed by atoms with Gasteiger partial charge in [-0.3, -0.25) is 10.1 Å². The van der Waals surface area contributed by atoms with Gasteiger partial charge in [-0.15, -0.1) is 0 Å². The number of nitro benzene ring substituents is 1. The monoisotopic (exact) mass is 224 g/mol. The van der Waals surface area contributed by atoms with E-state index < -0.39 is 31.3 Å². The third kappa shape index (κ3) is 2.94. The Morgan fingerprint density at radius 3 is 2.20 bits per heavy atom. The van der Waals surface area contributed by atoms with Gasteiger partial charge >= 0.3 is 18.9 Å². The number of nitrogens with zero attached hydrogens (tertiary/aromatic N) is 1. The molecule has 0 aliphatic heterocycles. The number of nitrogens with two attached hydrogens (primary N) is 1. The summed E-state index contributed by atoms with van der Waals surface area (Å²) in [6.45, 7) is 0. The first-order valence-electron chi connectivity index (χ1n) is 3.33. The van der Waals surface area contributed by atoms with Crippen molar-refractivity contribution >= 4 is 21.5 Å². The number of nitro groups is 1. The molecule has 76 valence electrons. The molecule has 15 heavy (non-hydrogen) atoms. The Morgan fingerprint density at radius 1 is 1.33 bits per heavy atom. The van der Waals surface area contributed by atoms with Crippen molar-refractivity contribution < 1.29 is 36.8 Å². The molecule has 0 heterocycles. The van der Waals surface area contributed by atoms with Crippen LogP contribution in [-0.2, 0) is 10.1 Å². The van der Waals surface area contributed by atoms with Crippen LogP contribution < -0.4 is 24.6 Å². The summed E-state index contributed by atoms with van der Waals surface area (Å²) < 4.78 is 31.9. The van der Waals surface area contributed by atoms with Crippen molar-refractivity contribution in [1.82, 2.24) is 0 Å². The van der Waals surface area contributed by atoms with Gasteiger partial charge in [0.05, 0.1) is 10.6 Å². The second-order valence-electron chi connectivity index (χ2n) is 2.41. The molecule has 0 aliphatic rings. The Morgan fingerprint density at radius 2 is 1.87 bits per heavy atom. The van der Waals surface area contributed by atoms with E-state index in [1.807, 2.05) is 0 Å². The summed E-state index contributed by atoms with van der Waals surface area (Å²) in [4.78, 5) is 8.41. The molecule has 1 aromatic carbocycles. The molecule has 0 radical (unpaired) electrons. The van der Waals surface area contributed by atoms with Gasteiger partial charge in [-0.25, -0.2) is 8.42 Å². The summed E-state index contributed by atoms with van der Waals surface area (Å²) in [5.41, 5.74) is 3.93. The zero-order chi connectivity index (χ0) is 10.9. The van der Waals surface area contributed by atoms with Crippen LogP contribution in [0.3, 0.4) is 0 Å². The van der Waals surface area contributed by atoms with E-state index in [9.17, 15) is 23.1 Å². The Balaban J connectivity index is 0.00000196. The summed E-state index contributed by atoms with van der Waals surface area (Å²) in [7, 11) is -4.93. The molecule has 0 aromatic heterocycles. The molecule has 0 aliphatic carbocycles. The van der Waals surface area contributed by atoms with Gasteiger partial charge in [0.15, 0.2) is 4.90 Å². The number of rotatable bonds is 2. The van der Waals surface area contributed by atoms with Gasteiger partial charge in [0.2, 0.25) is 0 Å². The second kappa shape index (κ2) is 4.63. The van der Waals surface area contributed by atoms with Crippen molar-refractivity contribution in [3.05, 3.63) is 28.3 Å². The van der Waals surface area contributed by atoms with E-state index in [1.54, 1.807) is 0 Å². The van der Waals surface area contributed by atoms with Crippen LogP contribution in [0.4, 0.5) is 11.4 Å². The van der Waals surface area contributed by atoms with Crippen molar-refractivity contribution in [2.75, 3.05) is 5.73 Å². The second-order valence-corrected chi connectivity index (χ2v) is 3.72. The topological polar surface area (TPSA) is 126 Å². The van der Waals surface area contributed by atoms with Gasteiger partial charge in [-0.2, -0.15) is 0 Å². The number of anilines is 1. The summed E-state index contributed by atoms with van der Waals surface area (Å²) in [6.07, 6.45) is 0. The van der Waals surface area contributed by atoms with Crippen LogP contribution in [0.2, 0.25) is 0 Å². The van der Waals surface area contributed by atoms with E-state index in [0.29, 0.717) is 0 Å². The minimum atomic E-state index is -4.93. The summed E-state index contributed by atoms with van der Waals surface area (Å²) in [5.74, 6) is 0. The first kappa shape index (κ1) is 13.9. The Kier molecular flexibility index (Phi) is 4.30. The predicted octanol–water partition coefficient (Wildman–Crippen LogP) is -2.91. The number of benzene rings is 1. The van der Waals surface area contributed by atoms with E-state index in [1.165, 1.54) is 6.07 Å². The van der Waals surface area contributed by atoms with Crippen molar-refractivity contribution in [3.8, 4) is 0 Å². The Hall–Kier alpha value is -1.07. The normalized spacial score (nSPS) is 10.5. The van der Waals surface area contributed by atoms with Gasteiger partial charge in [-0.05, 0) is 6.07 Å². The van der Waals surface area contributed by atoms with Gasteiger partial charge in [0.1, 0.15) is 10.1 Å². The van der Waals surface area contributed by atoms with Crippen LogP contribution in [0.1, 0.15) is 0 Å². The van der Waals surface area contributed by atoms with E-state index in [0.717, 1.165) is 12.1 Å². The van der Waals surface area contributed by atoms with Crippen molar-refractivity contribution in [1.29, 1.82) is 0 Å². The molecule has 0 amide bonds. The maximum atomic E-state index is 10.6. The molecule has 2 N–H and O–H groups in total. The molecule has 0 fully saturated rings. The molecule has 7 nitrogen and oxygen atoms in total. The van der Waals surface area contributed by atoms with E-state index in [2.05, 4.69) is 0 Å². The Labute approximate surface area is 97.4 Å². The molecule has 0 unspecified atom stereocenters. The molecule has 0 saturated heterocycles. The first-order valence-corrected chi connectivity index (χ1v) is 4.73. The van der Waals surface area contributed by atoms with E-state index >= 15 is 0 Å². The largest absolute Gasteiger partial charge is 1.00 e. The maximum Gasteiger partial charge on any atom is 1.00 e. The molecule has 1 rings (SSSR count). The number of nitrogen functional groups attached to an aromatic ring is 1.